The van der Waals surface area contributed by atoms with Gasteiger partial charge in [0.2, 0.25) is 0 Å². The van der Waals surface area contributed by atoms with Crippen molar-refractivity contribution in [3.63, 3.8) is 0 Å². The zero-order valence-electron chi connectivity index (χ0n) is 23.6. The van der Waals surface area contributed by atoms with Gasteiger partial charge in [0, 0.05) is 29.2 Å². The third kappa shape index (κ3) is 5.42. The second-order valence-corrected chi connectivity index (χ2v) is 11.9. The molecule has 1 atom stereocenters. The van der Waals surface area contributed by atoms with Crippen molar-refractivity contribution in [2.24, 2.45) is 4.99 Å². The summed E-state index contributed by atoms with van der Waals surface area (Å²) in [5.41, 5.74) is 4.29. The molecule has 218 valence electrons. The van der Waals surface area contributed by atoms with E-state index in [2.05, 4.69) is 9.56 Å². The highest BCUT2D eigenvalue weighted by atomic mass is 35.5. The van der Waals surface area contributed by atoms with Crippen LogP contribution < -0.4 is 19.6 Å². The van der Waals surface area contributed by atoms with E-state index in [1.807, 2.05) is 72.9 Å². The Hall–Kier alpha value is -4.11. The first kappa shape index (κ1) is 29.0. The van der Waals surface area contributed by atoms with Gasteiger partial charge in [-0.2, -0.15) is 0 Å². The molecule has 0 fully saturated rings. The first-order valence-corrected chi connectivity index (χ1v) is 15.2. The molecule has 0 radical (unpaired) electrons. The van der Waals surface area contributed by atoms with E-state index in [0.717, 1.165) is 27.6 Å². The molecule has 7 nitrogen and oxygen atoms in total. The van der Waals surface area contributed by atoms with E-state index in [9.17, 15) is 9.59 Å². The van der Waals surface area contributed by atoms with Crippen LogP contribution in [0.3, 0.4) is 0 Å². The Kier molecular flexibility index (Phi) is 8.01. The molecule has 2 aromatic heterocycles. The molecule has 0 N–H and O–H groups in total. The minimum atomic E-state index is -0.695. The van der Waals surface area contributed by atoms with E-state index in [1.165, 1.54) is 11.3 Å². The average Bonchev–Trinajstić information content (AvgIpc) is 3.50. The number of fused-ring (bicyclic) bond motifs is 2. The molecule has 43 heavy (non-hydrogen) atoms. The van der Waals surface area contributed by atoms with E-state index in [-0.39, 0.29) is 12.2 Å². The van der Waals surface area contributed by atoms with Gasteiger partial charge in [-0.15, -0.1) is 0 Å². The summed E-state index contributed by atoms with van der Waals surface area (Å²) in [5, 5.41) is 2.01. The lowest BCUT2D eigenvalue weighted by Crippen LogP contribution is -2.39. The van der Waals surface area contributed by atoms with Crippen molar-refractivity contribution < 1.29 is 14.3 Å². The smallest absolute Gasteiger partial charge is 0.338 e. The lowest BCUT2D eigenvalue weighted by atomic mass is 9.96. The Balaban J connectivity index is 1.50. The van der Waals surface area contributed by atoms with Crippen LogP contribution in [0.4, 0.5) is 0 Å². The third-order valence-electron chi connectivity index (χ3n) is 7.39. The lowest BCUT2D eigenvalue weighted by molar-refractivity contribution is -0.139. The maximum Gasteiger partial charge on any atom is 0.338 e. The van der Waals surface area contributed by atoms with E-state index in [4.69, 9.17) is 32.7 Å². The fourth-order valence-electron chi connectivity index (χ4n) is 5.39. The van der Waals surface area contributed by atoms with Gasteiger partial charge in [-0.3, -0.25) is 9.36 Å². The summed E-state index contributed by atoms with van der Waals surface area (Å²) in [6.07, 6.45) is 3.92. The quantitative estimate of drug-likeness (QED) is 0.203. The van der Waals surface area contributed by atoms with Crippen LogP contribution in [0.15, 0.2) is 94.0 Å². The third-order valence-corrected chi connectivity index (χ3v) is 9.11. The topological polar surface area (TPSA) is 74.8 Å². The zero-order valence-corrected chi connectivity index (χ0v) is 26.0. The molecular formula is C33H27Cl2N3O4S. The molecule has 0 bridgehead atoms. The number of ether oxygens (including phenoxy) is 2. The Bertz CT molecular complexity index is 2090. The molecule has 1 aliphatic heterocycles. The SMILES string of the molecule is CCOC(=O)C1=C(C)N=c2s/c(=C/c3cn(Cc4ccc(Cl)c(Cl)c4)c4ccccc34)c(=O)n2[C@@H]1c1ccc(OC)cc1. The van der Waals surface area contributed by atoms with Crippen LogP contribution in [0.25, 0.3) is 17.0 Å². The molecule has 0 saturated heterocycles. The first-order chi connectivity index (χ1) is 20.8. The standard InChI is InChI=1S/C33H27Cl2N3O4S/c1-4-42-32(40)29-19(2)36-33-38(30(29)21-10-12-23(41-3)13-11-21)31(39)28(43-33)16-22-18-37(27-8-6-5-7-24(22)27)17-20-9-14-25(34)26(35)15-20/h5-16,18,30H,4,17H2,1-3H3/b28-16+/t30-/m1/s1. The summed E-state index contributed by atoms with van der Waals surface area (Å²) >= 11 is 13.7. The van der Waals surface area contributed by atoms with Crippen LogP contribution >= 0.6 is 34.5 Å². The number of methoxy groups -OCH3 is 1. The lowest BCUT2D eigenvalue weighted by Gasteiger charge is -2.24. The number of aromatic nitrogens is 2. The Morgan fingerprint density at radius 3 is 2.56 bits per heavy atom. The monoisotopic (exact) mass is 631 g/mol. The molecule has 0 unspecified atom stereocenters. The first-order valence-electron chi connectivity index (χ1n) is 13.6. The number of esters is 1. The number of benzene rings is 3. The summed E-state index contributed by atoms with van der Waals surface area (Å²) in [6.45, 7) is 4.31. The van der Waals surface area contributed by atoms with Crippen LogP contribution in [0.1, 0.15) is 36.6 Å². The van der Waals surface area contributed by atoms with Gasteiger partial charge in [-0.25, -0.2) is 9.79 Å². The Labute approximate surface area is 261 Å². The van der Waals surface area contributed by atoms with Crippen molar-refractivity contribution >= 4 is 57.5 Å². The molecule has 3 aromatic carbocycles. The van der Waals surface area contributed by atoms with Crippen LogP contribution in [0.5, 0.6) is 5.75 Å². The van der Waals surface area contributed by atoms with Crippen molar-refractivity contribution in [1.82, 2.24) is 9.13 Å². The number of carbonyl (C=O) groups excluding carboxylic acids is 1. The average molecular weight is 633 g/mol. The molecule has 3 heterocycles. The van der Waals surface area contributed by atoms with Gasteiger partial charge >= 0.3 is 5.97 Å². The van der Waals surface area contributed by atoms with Crippen molar-refractivity contribution in [3.05, 3.63) is 131 Å². The summed E-state index contributed by atoms with van der Waals surface area (Å²) in [5.74, 6) is 0.177. The number of allylic oxidation sites excluding steroid dienone is 1. The number of thiazole rings is 1. The minimum absolute atomic E-state index is 0.210. The number of halogens is 2. The van der Waals surface area contributed by atoms with Crippen LogP contribution in [0, 0.1) is 0 Å². The van der Waals surface area contributed by atoms with Gasteiger partial charge in [0.05, 0.1) is 45.6 Å². The van der Waals surface area contributed by atoms with Gasteiger partial charge in [-0.1, -0.05) is 70.9 Å². The van der Waals surface area contributed by atoms with Crippen LogP contribution in [0.2, 0.25) is 10.0 Å². The number of rotatable bonds is 7. The van der Waals surface area contributed by atoms with Gasteiger partial charge < -0.3 is 14.0 Å². The molecule has 6 rings (SSSR count). The second-order valence-electron chi connectivity index (χ2n) is 10.1. The van der Waals surface area contributed by atoms with Gasteiger partial charge in [-0.05, 0) is 61.4 Å². The van der Waals surface area contributed by atoms with Gasteiger partial charge in [0.1, 0.15) is 5.75 Å². The van der Waals surface area contributed by atoms with Crippen molar-refractivity contribution in [2.45, 2.75) is 26.4 Å². The van der Waals surface area contributed by atoms with Crippen molar-refractivity contribution in [3.8, 4) is 5.75 Å². The summed E-state index contributed by atoms with van der Waals surface area (Å²) in [7, 11) is 1.59. The predicted octanol–water partition coefficient (Wildman–Crippen LogP) is 6.12. The van der Waals surface area contributed by atoms with E-state index in [0.29, 0.717) is 42.9 Å². The molecule has 1 aliphatic rings. The van der Waals surface area contributed by atoms with Gasteiger partial charge in [0.25, 0.3) is 5.56 Å². The van der Waals surface area contributed by atoms with Crippen LogP contribution in [-0.4, -0.2) is 28.8 Å². The van der Waals surface area contributed by atoms with Crippen molar-refractivity contribution in [2.75, 3.05) is 13.7 Å². The zero-order chi connectivity index (χ0) is 30.2. The molecule has 0 saturated carbocycles. The second kappa shape index (κ2) is 11.9. The molecule has 5 aromatic rings. The normalized spacial score (nSPS) is 15.0. The van der Waals surface area contributed by atoms with Crippen molar-refractivity contribution in [1.29, 1.82) is 0 Å². The fourth-order valence-corrected chi connectivity index (χ4v) is 6.75. The minimum Gasteiger partial charge on any atom is -0.497 e. The highest BCUT2D eigenvalue weighted by Crippen LogP contribution is 2.32. The number of para-hydroxylation sites is 1. The van der Waals surface area contributed by atoms with E-state index < -0.39 is 12.0 Å². The Morgan fingerprint density at radius 2 is 1.84 bits per heavy atom. The van der Waals surface area contributed by atoms with Gasteiger partial charge in [0.15, 0.2) is 4.80 Å². The number of hydrogen-bond donors (Lipinski definition) is 0. The summed E-state index contributed by atoms with van der Waals surface area (Å²) < 4.78 is 15.0. The molecule has 10 heteroatoms. The maximum atomic E-state index is 14.1. The van der Waals surface area contributed by atoms with E-state index >= 15 is 0 Å². The summed E-state index contributed by atoms with van der Waals surface area (Å²) in [6, 6.07) is 20.3. The highest BCUT2D eigenvalue weighted by Gasteiger charge is 2.33. The number of carbonyl (C=O) groups is 1. The molecule has 0 aliphatic carbocycles. The maximum absolute atomic E-state index is 14.1. The van der Waals surface area contributed by atoms with E-state index in [1.54, 1.807) is 31.6 Å². The Morgan fingerprint density at radius 1 is 1.07 bits per heavy atom. The number of nitrogens with zero attached hydrogens (tertiary/aromatic N) is 3. The predicted molar refractivity (Wildman–Crippen MR) is 171 cm³/mol. The van der Waals surface area contributed by atoms with Crippen LogP contribution in [-0.2, 0) is 16.1 Å². The number of hydrogen-bond acceptors (Lipinski definition) is 6. The highest BCUT2D eigenvalue weighted by molar-refractivity contribution is 7.07. The molecule has 0 amide bonds. The molecule has 0 spiro atoms. The molecular weight excluding hydrogens is 605 g/mol. The fraction of sp³-hybridized carbons (Fsp3) is 0.182. The largest absolute Gasteiger partial charge is 0.497 e. The summed E-state index contributed by atoms with van der Waals surface area (Å²) in [4.78, 5) is 32.5.